The fourth-order valence-electron chi connectivity index (χ4n) is 3.22. The van der Waals surface area contributed by atoms with Gasteiger partial charge < -0.3 is 5.32 Å². The van der Waals surface area contributed by atoms with Crippen LogP contribution in [0.4, 0.5) is 0 Å². The minimum atomic E-state index is 0.630. The summed E-state index contributed by atoms with van der Waals surface area (Å²) in [5.74, 6) is 0.630. The predicted molar refractivity (Wildman–Crippen MR) is 84.0 cm³/mol. The predicted octanol–water partition coefficient (Wildman–Crippen LogP) is 1.90. The van der Waals surface area contributed by atoms with Crippen molar-refractivity contribution in [2.24, 2.45) is 0 Å². The number of rotatable bonds is 4. The Labute approximate surface area is 123 Å². The molecular formula is C17H27N3. The Kier molecular flexibility index (Phi) is 4.39. The van der Waals surface area contributed by atoms with Crippen LogP contribution in [0.5, 0.6) is 0 Å². The zero-order valence-corrected chi connectivity index (χ0v) is 12.8. The van der Waals surface area contributed by atoms with Crippen molar-refractivity contribution in [2.75, 3.05) is 39.3 Å². The summed E-state index contributed by atoms with van der Waals surface area (Å²) in [7, 11) is 0. The zero-order valence-electron chi connectivity index (χ0n) is 12.8. The molecule has 20 heavy (non-hydrogen) atoms. The third-order valence-corrected chi connectivity index (χ3v) is 4.66. The third kappa shape index (κ3) is 3.22. The second-order valence-corrected chi connectivity index (χ2v) is 6.53. The molecule has 110 valence electrons. The van der Waals surface area contributed by atoms with Crippen LogP contribution in [-0.2, 0) is 6.54 Å². The van der Waals surface area contributed by atoms with E-state index < -0.39 is 0 Å². The molecule has 0 amide bonds. The van der Waals surface area contributed by atoms with Crippen LogP contribution in [0.25, 0.3) is 0 Å². The molecule has 2 heterocycles. The van der Waals surface area contributed by atoms with Crippen LogP contribution >= 0.6 is 0 Å². The monoisotopic (exact) mass is 273 g/mol. The molecule has 0 aromatic heterocycles. The van der Waals surface area contributed by atoms with Crippen molar-refractivity contribution in [3.05, 3.63) is 35.4 Å². The number of nitrogens with zero attached hydrogens (tertiary/aromatic N) is 2. The van der Waals surface area contributed by atoms with Crippen molar-refractivity contribution in [3.63, 3.8) is 0 Å². The number of piperazine rings is 1. The van der Waals surface area contributed by atoms with Gasteiger partial charge in [0, 0.05) is 51.9 Å². The Morgan fingerprint density at radius 3 is 2.35 bits per heavy atom. The van der Waals surface area contributed by atoms with E-state index in [1.807, 2.05) is 0 Å². The second kappa shape index (κ2) is 6.25. The molecule has 0 radical (unpaired) electrons. The van der Waals surface area contributed by atoms with Gasteiger partial charge >= 0.3 is 0 Å². The van der Waals surface area contributed by atoms with Crippen molar-refractivity contribution in [3.8, 4) is 0 Å². The Bertz CT molecular complexity index is 414. The van der Waals surface area contributed by atoms with Crippen LogP contribution in [0.3, 0.4) is 0 Å². The van der Waals surface area contributed by atoms with E-state index in [-0.39, 0.29) is 0 Å². The molecule has 1 aromatic carbocycles. The molecule has 2 aliphatic rings. The Balaban J connectivity index is 1.46. The molecule has 0 atom stereocenters. The maximum atomic E-state index is 3.43. The van der Waals surface area contributed by atoms with E-state index in [2.05, 4.69) is 53.2 Å². The fraction of sp³-hybridized carbons (Fsp3) is 0.647. The summed E-state index contributed by atoms with van der Waals surface area (Å²) in [6.07, 6.45) is 0. The van der Waals surface area contributed by atoms with Crippen LogP contribution in [0, 0.1) is 0 Å². The number of likely N-dealkylation sites (tertiary alicyclic amines) is 1. The first-order chi connectivity index (χ1) is 9.72. The second-order valence-electron chi connectivity index (χ2n) is 6.53. The highest BCUT2D eigenvalue weighted by Crippen LogP contribution is 2.20. The van der Waals surface area contributed by atoms with E-state index in [9.17, 15) is 0 Å². The third-order valence-electron chi connectivity index (χ3n) is 4.66. The summed E-state index contributed by atoms with van der Waals surface area (Å²) in [6, 6.07) is 9.97. The molecule has 3 rings (SSSR count). The molecule has 2 fully saturated rings. The Morgan fingerprint density at radius 2 is 1.75 bits per heavy atom. The van der Waals surface area contributed by atoms with E-state index >= 15 is 0 Å². The van der Waals surface area contributed by atoms with Gasteiger partial charge in [-0.1, -0.05) is 38.1 Å². The lowest BCUT2D eigenvalue weighted by Crippen LogP contribution is -2.62. The summed E-state index contributed by atoms with van der Waals surface area (Å²) in [6.45, 7) is 12.9. The highest BCUT2D eigenvalue weighted by atomic mass is 15.3. The van der Waals surface area contributed by atoms with E-state index in [0.29, 0.717) is 5.92 Å². The van der Waals surface area contributed by atoms with Gasteiger partial charge in [0.15, 0.2) is 0 Å². The van der Waals surface area contributed by atoms with Crippen LogP contribution < -0.4 is 5.32 Å². The number of benzene rings is 1. The normalized spacial score (nSPS) is 22.1. The number of hydrogen-bond donors (Lipinski definition) is 1. The Morgan fingerprint density at radius 1 is 1.10 bits per heavy atom. The molecule has 2 aliphatic heterocycles. The van der Waals surface area contributed by atoms with Gasteiger partial charge in [-0.2, -0.15) is 0 Å². The molecular weight excluding hydrogens is 246 g/mol. The maximum absolute atomic E-state index is 3.43. The first-order valence-corrected chi connectivity index (χ1v) is 7.98. The summed E-state index contributed by atoms with van der Waals surface area (Å²) in [5.41, 5.74) is 2.89. The first-order valence-electron chi connectivity index (χ1n) is 7.98. The topological polar surface area (TPSA) is 18.5 Å². The number of hydrogen-bond acceptors (Lipinski definition) is 3. The quantitative estimate of drug-likeness (QED) is 0.904. The molecule has 2 saturated heterocycles. The molecule has 1 aromatic rings. The minimum Gasteiger partial charge on any atom is -0.314 e. The SMILES string of the molecule is CC(C)c1ccc(CN2CC(N3CCNCC3)C2)cc1. The summed E-state index contributed by atoms with van der Waals surface area (Å²) in [5, 5.41) is 3.43. The van der Waals surface area contributed by atoms with Crippen LogP contribution in [0.15, 0.2) is 24.3 Å². The van der Waals surface area contributed by atoms with Gasteiger partial charge in [-0.15, -0.1) is 0 Å². The van der Waals surface area contributed by atoms with E-state index in [1.165, 1.54) is 37.3 Å². The fourth-order valence-corrected chi connectivity index (χ4v) is 3.22. The van der Waals surface area contributed by atoms with Crippen LogP contribution in [0.2, 0.25) is 0 Å². The van der Waals surface area contributed by atoms with Gasteiger partial charge in [0.05, 0.1) is 0 Å². The smallest absolute Gasteiger partial charge is 0.0351 e. The van der Waals surface area contributed by atoms with Crippen LogP contribution in [0.1, 0.15) is 30.9 Å². The number of nitrogens with one attached hydrogen (secondary N) is 1. The van der Waals surface area contributed by atoms with Crippen molar-refractivity contribution < 1.29 is 0 Å². The summed E-state index contributed by atoms with van der Waals surface area (Å²) in [4.78, 5) is 5.21. The summed E-state index contributed by atoms with van der Waals surface area (Å²) < 4.78 is 0. The lowest BCUT2D eigenvalue weighted by molar-refractivity contribution is 0.0223. The molecule has 0 aliphatic carbocycles. The van der Waals surface area contributed by atoms with Gasteiger partial charge in [-0.3, -0.25) is 9.80 Å². The summed E-state index contributed by atoms with van der Waals surface area (Å²) >= 11 is 0. The Hall–Kier alpha value is -0.900. The van der Waals surface area contributed by atoms with Gasteiger partial charge in [0.25, 0.3) is 0 Å². The average molecular weight is 273 g/mol. The van der Waals surface area contributed by atoms with E-state index in [0.717, 1.165) is 25.7 Å². The van der Waals surface area contributed by atoms with Crippen molar-refractivity contribution >= 4 is 0 Å². The first kappa shape index (κ1) is 14.1. The minimum absolute atomic E-state index is 0.630. The largest absolute Gasteiger partial charge is 0.314 e. The van der Waals surface area contributed by atoms with Gasteiger partial charge in [0.2, 0.25) is 0 Å². The van der Waals surface area contributed by atoms with Crippen molar-refractivity contribution in [2.45, 2.75) is 32.4 Å². The highest BCUT2D eigenvalue weighted by molar-refractivity contribution is 5.24. The molecule has 3 heteroatoms. The molecule has 3 nitrogen and oxygen atoms in total. The van der Waals surface area contributed by atoms with Crippen molar-refractivity contribution in [1.82, 2.24) is 15.1 Å². The van der Waals surface area contributed by atoms with Crippen LogP contribution in [-0.4, -0.2) is 55.1 Å². The molecule has 0 spiro atoms. The van der Waals surface area contributed by atoms with Gasteiger partial charge in [-0.05, 0) is 17.0 Å². The lowest BCUT2D eigenvalue weighted by Gasteiger charge is -2.47. The van der Waals surface area contributed by atoms with E-state index in [4.69, 9.17) is 0 Å². The standard InChI is InChI=1S/C17H27N3/c1-14(2)16-5-3-15(4-6-16)11-19-12-17(13-19)20-9-7-18-8-10-20/h3-6,14,17-18H,7-13H2,1-2H3. The van der Waals surface area contributed by atoms with Gasteiger partial charge in [-0.25, -0.2) is 0 Å². The average Bonchev–Trinajstić information content (AvgIpc) is 2.44. The zero-order chi connectivity index (χ0) is 13.9. The molecule has 0 bridgehead atoms. The maximum Gasteiger partial charge on any atom is 0.0351 e. The molecule has 0 unspecified atom stereocenters. The molecule has 1 N–H and O–H groups in total. The highest BCUT2D eigenvalue weighted by Gasteiger charge is 2.31. The van der Waals surface area contributed by atoms with E-state index in [1.54, 1.807) is 0 Å². The lowest BCUT2D eigenvalue weighted by atomic mass is 10.0. The molecule has 0 saturated carbocycles. The van der Waals surface area contributed by atoms with Crippen molar-refractivity contribution in [1.29, 1.82) is 0 Å². The van der Waals surface area contributed by atoms with Gasteiger partial charge in [0.1, 0.15) is 0 Å².